The predicted molar refractivity (Wildman–Crippen MR) is 114 cm³/mol. The molecule has 1 aliphatic heterocycles. The lowest BCUT2D eigenvalue weighted by molar-refractivity contribution is -0.137. The lowest BCUT2D eigenvalue weighted by Gasteiger charge is -2.38. The highest BCUT2D eigenvalue weighted by Gasteiger charge is 2.34. The summed E-state index contributed by atoms with van der Waals surface area (Å²) in [6, 6.07) is 6.08. The highest BCUT2D eigenvalue weighted by Crippen LogP contribution is 2.33. The summed E-state index contributed by atoms with van der Waals surface area (Å²) in [5, 5.41) is 2.68. The van der Waals surface area contributed by atoms with E-state index in [0.29, 0.717) is 37.4 Å². The molecule has 0 unspecified atom stereocenters. The number of piperidine rings is 1. The van der Waals surface area contributed by atoms with E-state index in [2.05, 4.69) is 20.2 Å². The maximum absolute atomic E-state index is 13.0. The molecule has 7 nitrogen and oxygen atoms in total. The predicted octanol–water partition coefficient (Wildman–Crippen LogP) is 4.42. The van der Waals surface area contributed by atoms with Crippen molar-refractivity contribution in [2.75, 3.05) is 37.0 Å². The van der Waals surface area contributed by atoms with Crippen LogP contribution >= 0.6 is 0 Å². The maximum Gasteiger partial charge on any atom is 0.416 e. The van der Waals surface area contributed by atoms with Gasteiger partial charge in [-0.05, 0) is 49.8 Å². The van der Waals surface area contributed by atoms with Gasteiger partial charge in [0.25, 0.3) is 0 Å². The molecule has 1 aromatic heterocycles. The second-order valence-corrected chi connectivity index (χ2v) is 8.22. The van der Waals surface area contributed by atoms with E-state index in [-0.39, 0.29) is 17.8 Å². The summed E-state index contributed by atoms with van der Waals surface area (Å²) in [5.41, 5.74) is -0.636. The summed E-state index contributed by atoms with van der Waals surface area (Å²) < 4.78 is 44.2. The number of anilines is 2. The van der Waals surface area contributed by atoms with Gasteiger partial charge in [0.15, 0.2) is 0 Å². The fourth-order valence-corrected chi connectivity index (χ4v) is 3.92. The molecule has 0 bridgehead atoms. The Hall–Kier alpha value is -3.04. The van der Waals surface area contributed by atoms with Gasteiger partial charge in [0.1, 0.15) is 0 Å². The summed E-state index contributed by atoms with van der Waals surface area (Å²) in [7, 11) is 1.55. The molecule has 4 rings (SSSR count). The normalized spacial score (nSPS) is 17.2. The Labute approximate surface area is 184 Å². The number of nitrogens with one attached hydrogen (secondary N) is 1. The number of hydrogen-bond acceptors (Lipinski definition) is 5. The molecule has 2 fully saturated rings. The first-order chi connectivity index (χ1) is 15.3. The van der Waals surface area contributed by atoms with Crippen LogP contribution in [0.2, 0.25) is 0 Å². The molecule has 1 aliphatic carbocycles. The van der Waals surface area contributed by atoms with Crippen LogP contribution in [0.25, 0.3) is 0 Å². The molecule has 2 aromatic rings. The zero-order chi connectivity index (χ0) is 22.7. The number of alkyl halides is 3. The smallest absolute Gasteiger partial charge is 0.416 e. The molecule has 1 aromatic carbocycles. The SMILES string of the molecule is COc1ccnc(N2CCC(N(CC3CC3)C(=O)Nc3cccc(C(F)(F)F)c3)CC2)n1. The van der Waals surface area contributed by atoms with Crippen LogP contribution in [0, 0.1) is 5.92 Å². The van der Waals surface area contributed by atoms with Crippen LogP contribution in [0.4, 0.5) is 29.6 Å². The number of halogens is 3. The molecule has 1 saturated carbocycles. The third kappa shape index (κ3) is 5.41. The van der Waals surface area contributed by atoms with Gasteiger partial charge in [-0.3, -0.25) is 0 Å². The third-order valence-corrected chi connectivity index (χ3v) is 5.87. The molecule has 2 aliphatic rings. The molecule has 1 N–H and O–H groups in total. The fourth-order valence-electron chi connectivity index (χ4n) is 3.92. The number of ether oxygens (including phenoxy) is 1. The number of carbonyl (C=O) groups is 1. The Kier molecular flexibility index (Phi) is 6.38. The number of aromatic nitrogens is 2. The van der Waals surface area contributed by atoms with E-state index in [9.17, 15) is 18.0 Å². The summed E-state index contributed by atoms with van der Waals surface area (Å²) in [4.78, 5) is 25.6. The Balaban J connectivity index is 1.42. The summed E-state index contributed by atoms with van der Waals surface area (Å²) in [6.07, 6.45) is 0.791. The lowest BCUT2D eigenvalue weighted by atomic mass is 10.0. The number of urea groups is 1. The van der Waals surface area contributed by atoms with E-state index in [4.69, 9.17) is 4.74 Å². The van der Waals surface area contributed by atoms with Crippen molar-refractivity contribution in [1.29, 1.82) is 0 Å². The van der Waals surface area contributed by atoms with Crippen molar-refractivity contribution in [3.05, 3.63) is 42.1 Å². The first-order valence-electron chi connectivity index (χ1n) is 10.7. The molecule has 32 heavy (non-hydrogen) atoms. The zero-order valence-corrected chi connectivity index (χ0v) is 17.8. The summed E-state index contributed by atoms with van der Waals surface area (Å²) in [5.74, 6) is 1.54. The van der Waals surface area contributed by atoms with Crippen molar-refractivity contribution in [3.8, 4) is 5.88 Å². The zero-order valence-electron chi connectivity index (χ0n) is 17.8. The third-order valence-electron chi connectivity index (χ3n) is 5.87. The van der Waals surface area contributed by atoms with Crippen LogP contribution in [0.15, 0.2) is 36.5 Å². The number of methoxy groups -OCH3 is 1. The van der Waals surface area contributed by atoms with E-state index >= 15 is 0 Å². The van der Waals surface area contributed by atoms with E-state index in [0.717, 1.165) is 37.8 Å². The lowest BCUT2D eigenvalue weighted by Crippen LogP contribution is -2.50. The average molecular weight is 449 g/mol. The maximum atomic E-state index is 13.0. The van der Waals surface area contributed by atoms with Crippen molar-refractivity contribution in [3.63, 3.8) is 0 Å². The van der Waals surface area contributed by atoms with Gasteiger partial charge in [0.2, 0.25) is 11.8 Å². The Morgan fingerprint density at radius 3 is 2.62 bits per heavy atom. The topological polar surface area (TPSA) is 70.6 Å². The molecule has 2 heterocycles. The van der Waals surface area contributed by atoms with Crippen LogP contribution in [-0.4, -0.2) is 53.7 Å². The number of amides is 2. The number of carbonyl (C=O) groups excluding carboxylic acids is 1. The Morgan fingerprint density at radius 1 is 1.22 bits per heavy atom. The highest BCUT2D eigenvalue weighted by atomic mass is 19.4. The van der Waals surface area contributed by atoms with Gasteiger partial charge in [0.05, 0.1) is 12.7 Å². The molecule has 0 radical (unpaired) electrons. The molecule has 10 heteroatoms. The van der Waals surface area contributed by atoms with Crippen molar-refractivity contribution in [2.24, 2.45) is 5.92 Å². The van der Waals surface area contributed by atoms with Crippen LogP contribution < -0.4 is 15.0 Å². The second kappa shape index (κ2) is 9.22. The number of rotatable bonds is 6. The highest BCUT2D eigenvalue weighted by molar-refractivity contribution is 5.89. The van der Waals surface area contributed by atoms with E-state index in [1.54, 1.807) is 24.3 Å². The van der Waals surface area contributed by atoms with Crippen molar-refractivity contribution < 1.29 is 22.7 Å². The van der Waals surface area contributed by atoms with Gasteiger partial charge in [-0.1, -0.05) is 6.07 Å². The van der Waals surface area contributed by atoms with Gasteiger partial charge in [-0.15, -0.1) is 0 Å². The number of benzene rings is 1. The Bertz CT molecular complexity index is 943. The van der Waals surface area contributed by atoms with Gasteiger partial charge in [-0.25, -0.2) is 9.78 Å². The Morgan fingerprint density at radius 2 is 1.97 bits per heavy atom. The van der Waals surface area contributed by atoms with E-state index in [1.165, 1.54) is 12.1 Å². The van der Waals surface area contributed by atoms with Gasteiger partial charge in [-0.2, -0.15) is 18.2 Å². The summed E-state index contributed by atoms with van der Waals surface area (Å²) in [6.45, 7) is 1.97. The van der Waals surface area contributed by atoms with Crippen LogP contribution in [0.5, 0.6) is 5.88 Å². The number of hydrogen-bond donors (Lipinski definition) is 1. The van der Waals surface area contributed by atoms with Gasteiger partial charge >= 0.3 is 12.2 Å². The van der Waals surface area contributed by atoms with Crippen molar-refractivity contribution in [2.45, 2.75) is 37.9 Å². The first-order valence-corrected chi connectivity index (χ1v) is 10.7. The minimum absolute atomic E-state index is 0.00302. The quantitative estimate of drug-likeness (QED) is 0.707. The molecular weight excluding hydrogens is 423 g/mol. The number of nitrogens with zero attached hydrogens (tertiary/aromatic N) is 4. The fraction of sp³-hybridized carbons (Fsp3) is 0.500. The van der Waals surface area contributed by atoms with Crippen LogP contribution in [0.1, 0.15) is 31.2 Å². The largest absolute Gasteiger partial charge is 0.481 e. The molecular formula is C22H26F3N5O2. The summed E-state index contributed by atoms with van der Waals surface area (Å²) >= 11 is 0. The van der Waals surface area contributed by atoms with Crippen molar-refractivity contribution in [1.82, 2.24) is 14.9 Å². The average Bonchev–Trinajstić information content (AvgIpc) is 3.61. The molecule has 1 saturated heterocycles. The van der Waals surface area contributed by atoms with Crippen LogP contribution in [0.3, 0.4) is 0 Å². The van der Waals surface area contributed by atoms with Crippen LogP contribution in [-0.2, 0) is 6.18 Å². The molecule has 0 atom stereocenters. The standard InChI is InChI=1S/C22H26F3N5O2/c1-32-19-7-10-26-20(28-19)29-11-8-18(9-12-29)30(14-15-5-6-15)21(31)27-17-4-2-3-16(13-17)22(23,24)25/h2-4,7,10,13,15,18H,5-6,8-9,11-12,14H2,1H3,(H,27,31). The van der Waals surface area contributed by atoms with Crippen molar-refractivity contribution >= 4 is 17.7 Å². The minimum atomic E-state index is -4.45. The van der Waals surface area contributed by atoms with Gasteiger partial charge < -0.3 is 19.9 Å². The van der Waals surface area contributed by atoms with E-state index < -0.39 is 11.7 Å². The van der Waals surface area contributed by atoms with E-state index in [1.807, 2.05) is 0 Å². The molecule has 0 spiro atoms. The van der Waals surface area contributed by atoms with Gasteiger partial charge in [0, 0.05) is 43.6 Å². The first kappa shape index (κ1) is 22.2. The molecule has 172 valence electrons. The monoisotopic (exact) mass is 449 g/mol. The second-order valence-electron chi connectivity index (χ2n) is 8.22. The molecule has 2 amide bonds. The minimum Gasteiger partial charge on any atom is -0.481 e.